The van der Waals surface area contributed by atoms with Gasteiger partial charge in [-0.05, 0) is 61.3 Å². The number of nitro groups is 1. The number of aliphatic hydroxyl groups is 1. The normalized spacial score (nSPS) is 15.2. The molecule has 4 atom stereocenters. The first-order valence-electron chi connectivity index (χ1n) is 16.2. The largest absolute Gasteiger partial charge is 0.483 e. The Morgan fingerprint density at radius 2 is 1.58 bits per heavy atom. The number of aliphatic hydroxyl groups excluding tert-OH is 1. The molecule has 0 spiro atoms. The molecule has 12 nitrogen and oxygen atoms in total. The van der Waals surface area contributed by atoms with E-state index in [2.05, 4.69) is 16.0 Å². The fourth-order valence-corrected chi connectivity index (χ4v) is 6.07. The number of hydrogen-bond donors (Lipinski definition) is 4. The molecule has 4 amide bonds. The van der Waals surface area contributed by atoms with Crippen LogP contribution in [-0.4, -0.2) is 77.2 Å². The molecule has 3 aromatic rings. The predicted octanol–water partition coefficient (Wildman–Crippen LogP) is 3.85. The van der Waals surface area contributed by atoms with Gasteiger partial charge in [-0.2, -0.15) is 0 Å². The van der Waals surface area contributed by atoms with Crippen LogP contribution in [0.5, 0.6) is 5.75 Å². The number of hydrogen-bond acceptors (Lipinski definition) is 7. The van der Waals surface area contributed by atoms with Gasteiger partial charge in [0.25, 0.3) is 11.6 Å². The number of benzene rings is 3. The van der Waals surface area contributed by atoms with E-state index >= 15 is 0 Å². The molecule has 256 valence electrons. The lowest BCUT2D eigenvalue weighted by Gasteiger charge is -2.29. The highest BCUT2D eigenvalue weighted by Gasteiger charge is 2.28. The molecular formula is C36H45N5O7. The predicted molar refractivity (Wildman–Crippen MR) is 182 cm³/mol. The number of urea groups is 1. The third-order valence-corrected chi connectivity index (χ3v) is 8.34. The van der Waals surface area contributed by atoms with Crippen molar-refractivity contribution in [2.45, 2.75) is 64.6 Å². The van der Waals surface area contributed by atoms with Crippen LogP contribution in [0.15, 0.2) is 72.8 Å². The van der Waals surface area contributed by atoms with Crippen molar-refractivity contribution in [1.29, 1.82) is 0 Å². The summed E-state index contributed by atoms with van der Waals surface area (Å²) in [6.07, 6.45) is 0.165. The van der Waals surface area contributed by atoms with Gasteiger partial charge in [0, 0.05) is 44.2 Å². The van der Waals surface area contributed by atoms with Crippen LogP contribution in [-0.2, 0) is 22.4 Å². The first-order chi connectivity index (χ1) is 23.0. The monoisotopic (exact) mass is 659 g/mol. The molecule has 1 aliphatic rings. The molecular weight excluding hydrogens is 614 g/mol. The zero-order valence-electron chi connectivity index (χ0n) is 27.7. The Hall–Kier alpha value is -4.97. The van der Waals surface area contributed by atoms with E-state index < -0.39 is 29.0 Å². The zero-order valence-corrected chi connectivity index (χ0v) is 27.7. The van der Waals surface area contributed by atoms with Gasteiger partial charge >= 0.3 is 6.03 Å². The van der Waals surface area contributed by atoms with Crippen molar-refractivity contribution >= 4 is 23.5 Å². The van der Waals surface area contributed by atoms with E-state index in [1.54, 1.807) is 18.7 Å². The Labute approximate surface area is 281 Å². The number of aryl methyl sites for hydroxylation is 2. The van der Waals surface area contributed by atoms with E-state index in [4.69, 9.17) is 4.74 Å². The van der Waals surface area contributed by atoms with Gasteiger partial charge in [0.1, 0.15) is 5.75 Å². The molecule has 1 saturated heterocycles. The van der Waals surface area contributed by atoms with Gasteiger partial charge in [-0.1, -0.05) is 67.6 Å². The van der Waals surface area contributed by atoms with Crippen LogP contribution in [0, 0.1) is 29.9 Å². The second-order valence-electron chi connectivity index (χ2n) is 12.6. The number of nitrogens with one attached hydrogen (secondary N) is 3. The third kappa shape index (κ3) is 10.8. The molecule has 1 unspecified atom stereocenters. The molecule has 4 rings (SSSR count). The Kier molecular flexibility index (Phi) is 12.9. The lowest BCUT2D eigenvalue weighted by molar-refractivity contribution is -0.385. The molecule has 1 aliphatic heterocycles. The minimum Gasteiger partial charge on any atom is -0.483 e. The third-order valence-electron chi connectivity index (χ3n) is 8.34. The second-order valence-corrected chi connectivity index (χ2v) is 12.6. The van der Waals surface area contributed by atoms with E-state index in [0.717, 1.165) is 11.1 Å². The molecule has 0 saturated carbocycles. The summed E-state index contributed by atoms with van der Waals surface area (Å²) in [5, 5.41) is 31.6. The highest BCUT2D eigenvalue weighted by Crippen LogP contribution is 2.28. The first-order valence-corrected chi connectivity index (χ1v) is 16.2. The average molecular weight is 660 g/mol. The highest BCUT2D eigenvalue weighted by molar-refractivity contribution is 5.78. The number of ether oxygens (including phenoxy) is 1. The van der Waals surface area contributed by atoms with Crippen molar-refractivity contribution in [2.24, 2.45) is 5.92 Å². The van der Waals surface area contributed by atoms with Crippen molar-refractivity contribution < 1.29 is 29.2 Å². The molecule has 12 heteroatoms. The van der Waals surface area contributed by atoms with E-state index in [9.17, 15) is 29.6 Å². The number of non-ortho nitro benzene ring substituents is 1. The summed E-state index contributed by atoms with van der Waals surface area (Å²) >= 11 is 0. The van der Waals surface area contributed by atoms with Crippen molar-refractivity contribution in [1.82, 2.24) is 20.9 Å². The molecule has 1 fully saturated rings. The van der Waals surface area contributed by atoms with Gasteiger partial charge in [-0.25, -0.2) is 4.79 Å². The number of carbonyl (C=O) groups is 3. The maximum Gasteiger partial charge on any atom is 0.317 e. The molecule has 3 aromatic carbocycles. The molecule has 1 heterocycles. The second kappa shape index (κ2) is 17.3. The smallest absolute Gasteiger partial charge is 0.317 e. The van der Waals surface area contributed by atoms with Crippen molar-refractivity contribution in [3.05, 3.63) is 105 Å². The van der Waals surface area contributed by atoms with Gasteiger partial charge < -0.3 is 30.7 Å². The number of amides is 4. The summed E-state index contributed by atoms with van der Waals surface area (Å²) < 4.78 is 5.80. The average Bonchev–Trinajstić information content (AvgIpc) is 3.44. The maximum atomic E-state index is 13.2. The zero-order chi connectivity index (χ0) is 34.6. The molecule has 0 bridgehead atoms. The summed E-state index contributed by atoms with van der Waals surface area (Å²) in [6, 6.07) is 20.7. The van der Waals surface area contributed by atoms with E-state index in [1.807, 2.05) is 67.6 Å². The van der Waals surface area contributed by atoms with Gasteiger partial charge in [0.2, 0.25) is 5.91 Å². The summed E-state index contributed by atoms with van der Waals surface area (Å²) in [4.78, 5) is 50.8. The SMILES string of the molecule is Cc1cc([N+](=O)[O-])cc(C)c1OCC(=O)N[C@@H](Cc1ccccc1)[C@@H](O)C[C@H](Cc1ccccc1)NC(=O)CC(C)CN1CCNC1=O. The number of nitro benzene ring substituents is 1. The molecule has 0 aliphatic carbocycles. The summed E-state index contributed by atoms with van der Waals surface area (Å²) in [5.74, 6) is -0.318. The van der Waals surface area contributed by atoms with Crippen LogP contribution in [0.2, 0.25) is 0 Å². The molecule has 4 N–H and O–H groups in total. The number of carbonyl (C=O) groups excluding carboxylic acids is 3. The van der Waals surface area contributed by atoms with Crippen LogP contribution in [0.25, 0.3) is 0 Å². The lowest BCUT2D eigenvalue weighted by atomic mass is 9.93. The number of nitrogens with zero attached hydrogens (tertiary/aromatic N) is 2. The summed E-state index contributed by atoms with van der Waals surface area (Å²) in [6.45, 7) is 6.62. The first kappa shape index (κ1) is 35.9. The van der Waals surface area contributed by atoms with Crippen molar-refractivity contribution in [3.63, 3.8) is 0 Å². The molecule has 0 radical (unpaired) electrons. The standard InChI is InChI=1S/C36H45N5O7/c1-24(22-40-15-14-37-36(40)45)16-33(43)38-29(19-27-10-6-4-7-11-27)21-32(42)31(20-28-12-8-5-9-13-28)39-34(44)23-48-35-25(2)17-30(41(46)47)18-26(35)3/h4-13,17-18,24,29,31-32,42H,14-16,19-23H2,1-3H3,(H,37,45)(H,38,43)(H,39,44)/t24?,29-,31-,32-/m0/s1. The minimum absolute atomic E-state index is 0.0570. The quantitative estimate of drug-likeness (QED) is 0.126. The Morgan fingerprint density at radius 3 is 2.15 bits per heavy atom. The van der Waals surface area contributed by atoms with Gasteiger partial charge in [-0.15, -0.1) is 0 Å². The van der Waals surface area contributed by atoms with Gasteiger partial charge in [0.05, 0.1) is 17.1 Å². The van der Waals surface area contributed by atoms with E-state index in [1.165, 1.54) is 12.1 Å². The van der Waals surface area contributed by atoms with Gasteiger partial charge in [0.15, 0.2) is 6.61 Å². The Balaban J connectivity index is 1.45. The summed E-state index contributed by atoms with van der Waals surface area (Å²) in [7, 11) is 0. The Morgan fingerprint density at radius 1 is 0.979 bits per heavy atom. The van der Waals surface area contributed by atoms with E-state index in [0.29, 0.717) is 49.4 Å². The number of rotatable bonds is 17. The minimum atomic E-state index is -1.03. The fraction of sp³-hybridized carbons (Fsp3) is 0.417. The topological polar surface area (TPSA) is 163 Å². The summed E-state index contributed by atoms with van der Waals surface area (Å²) in [5.41, 5.74) is 2.91. The molecule has 48 heavy (non-hydrogen) atoms. The van der Waals surface area contributed by atoms with Crippen LogP contribution >= 0.6 is 0 Å². The van der Waals surface area contributed by atoms with Crippen molar-refractivity contribution in [3.8, 4) is 5.75 Å². The lowest BCUT2D eigenvalue weighted by Crippen LogP contribution is -2.49. The van der Waals surface area contributed by atoms with E-state index in [-0.39, 0.29) is 43.0 Å². The van der Waals surface area contributed by atoms with Crippen LogP contribution in [0.3, 0.4) is 0 Å². The highest BCUT2D eigenvalue weighted by atomic mass is 16.6. The van der Waals surface area contributed by atoms with Crippen LogP contribution in [0.1, 0.15) is 42.0 Å². The van der Waals surface area contributed by atoms with Crippen molar-refractivity contribution in [2.75, 3.05) is 26.2 Å². The van der Waals surface area contributed by atoms with Crippen LogP contribution in [0.4, 0.5) is 10.5 Å². The molecule has 0 aromatic heterocycles. The van der Waals surface area contributed by atoms with Gasteiger partial charge in [-0.3, -0.25) is 19.7 Å². The fourth-order valence-electron chi connectivity index (χ4n) is 6.07. The van der Waals surface area contributed by atoms with Crippen LogP contribution < -0.4 is 20.7 Å². The Bertz CT molecular complexity index is 1530. The maximum absolute atomic E-state index is 13.2.